The molecule has 0 spiro atoms. The Hall–Kier alpha value is -0.710. The molecule has 4 nitrogen and oxygen atoms in total. The number of carbonyl (C=O) groups is 2. The molecule has 1 heterocycles. The van der Waals surface area contributed by atoms with Gasteiger partial charge in [0.05, 0.1) is 0 Å². The summed E-state index contributed by atoms with van der Waals surface area (Å²) >= 11 is 4.33. The minimum absolute atomic E-state index is 0.0258. The second-order valence-electron chi connectivity index (χ2n) is 6.17. The summed E-state index contributed by atoms with van der Waals surface area (Å²) in [4.78, 5) is 28.0. The summed E-state index contributed by atoms with van der Waals surface area (Å²) in [5.74, 6) is 0.895. The molecule has 2 fully saturated rings. The van der Waals surface area contributed by atoms with Gasteiger partial charge in [-0.2, -0.15) is 12.6 Å². The molecule has 5 heteroatoms. The molecule has 2 rings (SSSR count). The van der Waals surface area contributed by atoms with Crippen molar-refractivity contribution >= 4 is 24.4 Å². The lowest BCUT2D eigenvalue weighted by Crippen LogP contribution is -2.63. The SMILES string of the molecule is CN1CCN(C(=O)CC2(CS)CC2)C(C)(C)C1=O. The second kappa shape index (κ2) is 4.44. The Morgan fingerprint density at radius 2 is 1.94 bits per heavy atom. The number of hydrogen-bond donors (Lipinski definition) is 1. The summed E-state index contributed by atoms with van der Waals surface area (Å²) in [5, 5.41) is 0. The van der Waals surface area contributed by atoms with Gasteiger partial charge in [-0.1, -0.05) is 0 Å². The lowest BCUT2D eigenvalue weighted by atomic mass is 9.95. The third-order valence-corrected chi connectivity index (χ3v) is 4.99. The standard InChI is InChI=1S/C13H22N2O2S/c1-12(2)11(17)14(3)6-7-15(12)10(16)8-13(9-18)4-5-13/h18H,4-9H2,1-3H3. The highest BCUT2D eigenvalue weighted by atomic mass is 32.1. The van der Waals surface area contributed by atoms with Crippen molar-refractivity contribution in [2.45, 2.75) is 38.6 Å². The van der Waals surface area contributed by atoms with Gasteiger partial charge in [0.25, 0.3) is 0 Å². The number of nitrogens with zero attached hydrogens (tertiary/aromatic N) is 2. The van der Waals surface area contributed by atoms with Crippen LogP contribution in [0.1, 0.15) is 33.1 Å². The summed E-state index contributed by atoms with van der Waals surface area (Å²) in [7, 11) is 1.79. The van der Waals surface area contributed by atoms with E-state index in [-0.39, 0.29) is 17.2 Å². The number of carbonyl (C=O) groups excluding carboxylic acids is 2. The maximum absolute atomic E-state index is 12.4. The topological polar surface area (TPSA) is 40.6 Å². The van der Waals surface area contributed by atoms with E-state index in [2.05, 4.69) is 12.6 Å². The maximum Gasteiger partial charge on any atom is 0.247 e. The normalized spacial score (nSPS) is 25.2. The largest absolute Gasteiger partial charge is 0.342 e. The molecular weight excluding hydrogens is 248 g/mol. The highest BCUT2D eigenvalue weighted by Gasteiger charge is 2.48. The molecule has 0 aromatic heterocycles. The first-order chi connectivity index (χ1) is 8.32. The molecule has 0 atom stereocenters. The monoisotopic (exact) mass is 270 g/mol. The zero-order chi connectivity index (χ0) is 13.6. The van der Waals surface area contributed by atoms with Crippen molar-refractivity contribution in [1.29, 1.82) is 0 Å². The molecular formula is C13H22N2O2S. The van der Waals surface area contributed by atoms with Crippen molar-refractivity contribution in [3.8, 4) is 0 Å². The first-order valence-corrected chi connectivity index (χ1v) is 7.13. The van der Waals surface area contributed by atoms with Crippen LogP contribution < -0.4 is 0 Å². The maximum atomic E-state index is 12.4. The molecule has 0 radical (unpaired) electrons. The fourth-order valence-electron chi connectivity index (χ4n) is 2.63. The van der Waals surface area contributed by atoms with Crippen LogP contribution in [0.3, 0.4) is 0 Å². The Morgan fingerprint density at radius 1 is 1.33 bits per heavy atom. The van der Waals surface area contributed by atoms with Gasteiger partial charge in [-0.05, 0) is 37.9 Å². The van der Waals surface area contributed by atoms with Gasteiger partial charge in [-0.3, -0.25) is 9.59 Å². The van der Waals surface area contributed by atoms with Gasteiger partial charge in [-0.15, -0.1) is 0 Å². The molecule has 0 bridgehead atoms. The molecule has 2 amide bonds. The minimum atomic E-state index is -0.712. The number of likely N-dealkylation sites (N-methyl/N-ethyl adjacent to an activating group) is 1. The fourth-order valence-corrected chi connectivity index (χ4v) is 3.06. The van der Waals surface area contributed by atoms with Crippen LogP contribution in [0.25, 0.3) is 0 Å². The number of piperazine rings is 1. The molecule has 0 unspecified atom stereocenters. The molecule has 2 aliphatic rings. The van der Waals surface area contributed by atoms with E-state index < -0.39 is 5.54 Å². The van der Waals surface area contributed by atoms with Crippen LogP contribution in [-0.4, -0.2) is 53.0 Å². The Kier molecular flexibility index (Phi) is 3.38. The molecule has 0 aromatic carbocycles. The van der Waals surface area contributed by atoms with E-state index in [0.717, 1.165) is 18.6 Å². The van der Waals surface area contributed by atoms with Gasteiger partial charge in [-0.25, -0.2) is 0 Å². The van der Waals surface area contributed by atoms with Crippen molar-refractivity contribution in [2.24, 2.45) is 5.41 Å². The van der Waals surface area contributed by atoms with Gasteiger partial charge in [0.15, 0.2) is 0 Å². The van der Waals surface area contributed by atoms with Crippen molar-refractivity contribution in [1.82, 2.24) is 9.80 Å². The quantitative estimate of drug-likeness (QED) is 0.782. The highest BCUT2D eigenvalue weighted by Crippen LogP contribution is 2.50. The van der Waals surface area contributed by atoms with Crippen molar-refractivity contribution < 1.29 is 9.59 Å². The third-order valence-electron chi connectivity index (χ3n) is 4.32. The van der Waals surface area contributed by atoms with E-state index in [1.165, 1.54) is 0 Å². The van der Waals surface area contributed by atoms with E-state index in [0.29, 0.717) is 19.5 Å². The summed E-state index contributed by atoms with van der Waals surface area (Å²) in [5.41, 5.74) is -0.598. The van der Waals surface area contributed by atoms with Crippen LogP contribution in [-0.2, 0) is 9.59 Å². The first kappa shape index (κ1) is 13.7. The first-order valence-electron chi connectivity index (χ1n) is 6.49. The van der Waals surface area contributed by atoms with Gasteiger partial charge in [0.1, 0.15) is 5.54 Å². The Balaban J connectivity index is 2.08. The van der Waals surface area contributed by atoms with Gasteiger partial charge in [0, 0.05) is 26.6 Å². The van der Waals surface area contributed by atoms with Crippen LogP contribution in [0.4, 0.5) is 0 Å². The van der Waals surface area contributed by atoms with Crippen LogP contribution in [0.5, 0.6) is 0 Å². The van der Waals surface area contributed by atoms with Crippen LogP contribution >= 0.6 is 12.6 Å². The third kappa shape index (κ3) is 2.25. The highest BCUT2D eigenvalue weighted by molar-refractivity contribution is 7.80. The van der Waals surface area contributed by atoms with Crippen LogP contribution in [0.2, 0.25) is 0 Å². The number of amides is 2. The van der Waals surface area contributed by atoms with Gasteiger partial charge in [0.2, 0.25) is 11.8 Å². The Morgan fingerprint density at radius 3 is 2.44 bits per heavy atom. The zero-order valence-electron chi connectivity index (χ0n) is 11.4. The van der Waals surface area contributed by atoms with E-state index in [1.807, 2.05) is 13.8 Å². The van der Waals surface area contributed by atoms with Crippen molar-refractivity contribution in [3.63, 3.8) is 0 Å². The lowest BCUT2D eigenvalue weighted by molar-refractivity contribution is -0.157. The molecule has 18 heavy (non-hydrogen) atoms. The predicted molar refractivity (Wildman–Crippen MR) is 73.6 cm³/mol. The summed E-state index contributed by atoms with van der Waals surface area (Å²) in [6.45, 7) is 4.94. The molecule has 1 saturated heterocycles. The summed E-state index contributed by atoms with van der Waals surface area (Å²) in [6, 6.07) is 0. The zero-order valence-corrected chi connectivity index (χ0v) is 12.3. The van der Waals surface area contributed by atoms with E-state index in [1.54, 1.807) is 16.8 Å². The van der Waals surface area contributed by atoms with E-state index >= 15 is 0 Å². The lowest BCUT2D eigenvalue weighted by Gasteiger charge is -2.45. The molecule has 0 aromatic rings. The molecule has 1 aliphatic heterocycles. The van der Waals surface area contributed by atoms with Crippen LogP contribution in [0.15, 0.2) is 0 Å². The number of hydrogen-bond acceptors (Lipinski definition) is 3. The number of rotatable bonds is 3. The summed E-state index contributed by atoms with van der Waals surface area (Å²) in [6.07, 6.45) is 2.71. The Bertz CT molecular complexity index is 377. The van der Waals surface area contributed by atoms with E-state index in [9.17, 15) is 9.59 Å². The summed E-state index contributed by atoms with van der Waals surface area (Å²) < 4.78 is 0. The minimum Gasteiger partial charge on any atom is -0.342 e. The van der Waals surface area contributed by atoms with Gasteiger partial charge >= 0.3 is 0 Å². The average molecular weight is 270 g/mol. The molecule has 1 saturated carbocycles. The Labute approximate surface area is 114 Å². The van der Waals surface area contributed by atoms with E-state index in [4.69, 9.17) is 0 Å². The second-order valence-corrected chi connectivity index (χ2v) is 6.48. The van der Waals surface area contributed by atoms with Crippen molar-refractivity contribution in [2.75, 3.05) is 25.9 Å². The van der Waals surface area contributed by atoms with Crippen LogP contribution in [0, 0.1) is 5.41 Å². The smallest absolute Gasteiger partial charge is 0.247 e. The average Bonchev–Trinajstić information content (AvgIpc) is 3.06. The molecule has 0 N–H and O–H groups in total. The van der Waals surface area contributed by atoms with Crippen molar-refractivity contribution in [3.05, 3.63) is 0 Å². The molecule has 1 aliphatic carbocycles. The molecule has 102 valence electrons. The predicted octanol–water partition coefficient (Wildman–Crippen LogP) is 1.17. The van der Waals surface area contributed by atoms with Gasteiger partial charge < -0.3 is 9.80 Å². The fraction of sp³-hybridized carbons (Fsp3) is 0.846. The number of thiol groups is 1.